The normalized spacial score (nSPS) is 15.2. The first-order valence-corrected chi connectivity index (χ1v) is 11.8. The Labute approximate surface area is 194 Å². The van der Waals surface area contributed by atoms with Gasteiger partial charge in [0.1, 0.15) is 0 Å². The van der Waals surface area contributed by atoms with Crippen LogP contribution in [0.1, 0.15) is 11.1 Å². The van der Waals surface area contributed by atoms with Crippen molar-refractivity contribution in [2.24, 2.45) is 4.99 Å². The monoisotopic (exact) mass is 549 g/mol. The fraction of sp³-hybridized carbons (Fsp3) is 0.421. The van der Waals surface area contributed by atoms with E-state index < -0.39 is 10.0 Å². The molecule has 29 heavy (non-hydrogen) atoms. The van der Waals surface area contributed by atoms with Gasteiger partial charge in [-0.15, -0.1) is 35.3 Å². The zero-order chi connectivity index (χ0) is 20.0. The maximum Gasteiger partial charge on any atom is 0.215 e. The summed E-state index contributed by atoms with van der Waals surface area (Å²) in [6, 6.07) is 11.9. The Morgan fingerprint density at radius 1 is 1.14 bits per heavy atom. The second-order valence-electron chi connectivity index (χ2n) is 6.61. The quantitative estimate of drug-likeness (QED) is 0.329. The SMILES string of the molecule is CN=C(NCc1cccc(CS(=O)(=O)NC)c1)N1CCN(c2cccs2)CC1.I. The molecule has 0 atom stereocenters. The Balaban J connectivity index is 0.00000300. The number of rotatable bonds is 6. The molecule has 0 saturated carbocycles. The molecule has 0 unspecified atom stereocenters. The topological polar surface area (TPSA) is 77.0 Å². The molecule has 3 rings (SSSR count). The first kappa shape index (κ1) is 23.9. The van der Waals surface area contributed by atoms with E-state index in [9.17, 15) is 8.42 Å². The number of nitrogens with zero attached hydrogens (tertiary/aromatic N) is 3. The van der Waals surface area contributed by atoms with E-state index >= 15 is 0 Å². The van der Waals surface area contributed by atoms with Gasteiger partial charge >= 0.3 is 0 Å². The molecular weight excluding hydrogens is 521 g/mol. The summed E-state index contributed by atoms with van der Waals surface area (Å²) in [5.74, 6) is 0.857. The molecule has 7 nitrogen and oxygen atoms in total. The van der Waals surface area contributed by atoms with Crippen molar-refractivity contribution in [1.82, 2.24) is 14.9 Å². The third kappa shape index (κ3) is 6.83. The molecule has 0 amide bonds. The maximum absolute atomic E-state index is 11.8. The van der Waals surface area contributed by atoms with E-state index in [1.54, 1.807) is 18.4 Å². The van der Waals surface area contributed by atoms with Crippen LogP contribution in [0.3, 0.4) is 0 Å². The zero-order valence-corrected chi connectivity index (χ0v) is 20.6. The largest absolute Gasteiger partial charge is 0.360 e. The van der Waals surface area contributed by atoms with E-state index in [0.717, 1.165) is 43.3 Å². The predicted molar refractivity (Wildman–Crippen MR) is 132 cm³/mol. The summed E-state index contributed by atoms with van der Waals surface area (Å²) in [4.78, 5) is 9.09. The standard InChI is InChI=1S/C19H27N5O2S2.HI/c1-20-19(24-10-8-23(9-11-24)18-7-4-12-27-18)22-14-16-5-3-6-17(13-16)15-28(25,26)21-2;/h3-7,12-13,21H,8-11,14-15H2,1-2H3,(H,20,22);1H. The highest BCUT2D eigenvalue weighted by molar-refractivity contribution is 14.0. The molecular formula is C19H28IN5O2S2. The number of anilines is 1. The summed E-state index contributed by atoms with van der Waals surface area (Å²) >= 11 is 1.77. The number of hydrogen-bond donors (Lipinski definition) is 2. The third-order valence-electron chi connectivity index (χ3n) is 4.72. The highest BCUT2D eigenvalue weighted by Crippen LogP contribution is 2.22. The van der Waals surface area contributed by atoms with Crippen molar-refractivity contribution in [3.63, 3.8) is 0 Å². The Bertz CT molecular complexity index is 895. The van der Waals surface area contributed by atoms with Gasteiger partial charge in [-0.2, -0.15) is 0 Å². The maximum atomic E-state index is 11.8. The Morgan fingerprint density at radius 2 is 1.86 bits per heavy atom. The molecule has 1 saturated heterocycles. The van der Waals surface area contributed by atoms with Gasteiger partial charge < -0.3 is 15.1 Å². The van der Waals surface area contributed by atoms with Crippen LogP contribution in [0.2, 0.25) is 0 Å². The zero-order valence-electron chi connectivity index (χ0n) is 16.7. The van der Waals surface area contributed by atoms with E-state index in [1.807, 2.05) is 24.3 Å². The van der Waals surface area contributed by atoms with Gasteiger partial charge in [0.2, 0.25) is 10.0 Å². The Morgan fingerprint density at radius 3 is 2.48 bits per heavy atom. The molecule has 2 N–H and O–H groups in total. The summed E-state index contributed by atoms with van der Waals surface area (Å²) in [6.45, 7) is 4.37. The lowest BCUT2D eigenvalue weighted by Crippen LogP contribution is -2.52. The number of thiophene rings is 1. The van der Waals surface area contributed by atoms with E-state index in [-0.39, 0.29) is 29.7 Å². The number of hydrogen-bond acceptors (Lipinski definition) is 5. The Hall–Kier alpha value is -1.37. The minimum Gasteiger partial charge on any atom is -0.360 e. The average Bonchev–Trinajstić information content (AvgIpc) is 3.24. The molecule has 10 heteroatoms. The van der Waals surface area contributed by atoms with Gasteiger partial charge in [0, 0.05) is 39.8 Å². The smallest absolute Gasteiger partial charge is 0.215 e. The molecule has 1 aliphatic rings. The van der Waals surface area contributed by atoms with Gasteiger partial charge in [-0.3, -0.25) is 4.99 Å². The van der Waals surface area contributed by atoms with E-state index in [0.29, 0.717) is 6.54 Å². The van der Waals surface area contributed by atoms with Crippen molar-refractivity contribution in [2.75, 3.05) is 45.2 Å². The molecule has 1 aromatic carbocycles. The number of piperazine rings is 1. The summed E-state index contributed by atoms with van der Waals surface area (Å²) in [5.41, 5.74) is 1.80. The van der Waals surface area contributed by atoms with Crippen LogP contribution < -0.4 is 14.9 Å². The van der Waals surface area contributed by atoms with E-state index in [4.69, 9.17) is 0 Å². The van der Waals surface area contributed by atoms with Crippen LogP contribution in [0.5, 0.6) is 0 Å². The summed E-state index contributed by atoms with van der Waals surface area (Å²) in [7, 11) is -0.0435. The number of sulfonamides is 1. The van der Waals surface area contributed by atoms with Crippen molar-refractivity contribution in [1.29, 1.82) is 0 Å². The molecule has 2 aromatic rings. The number of aliphatic imine (C=N–C) groups is 1. The minimum atomic E-state index is -3.27. The molecule has 0 radical (unpaired) electrons. The lowest BCUT2D eigenvalue weighted by Gasteiger charge is -2.37. The van der Waals surface area contributed by atoms with Crippen LogP contribution in [-0.4, -0.2) is 59.6 Å². The highest BCUT2D eigenvalue weighted by atomic mass is 127. The number of halogens is 1. The summed E-state index contributed by atoms with van der Waals surface area (Å²) < 4.78 is 25.9. The fourth-order valence-electron chi connectivity index (χ4n) is 3.22. The van der Waals surface area contributed by atoms with Gasteiger partial charge in [-0.05, 0) is 35.7 Å². The van der Waals surface area contributed by atoms with Crippen molar-refractivity contribution in [3.8, 4) is 0 Å². The van der Waals surface area contributed by atoms with E-state index in [2.05, 4.69) is 42.3 Å². The number of guanidine groups is 1. The van der Waals surface area contributed by atoms with Crippen LogP contribution in [0.15, 0.2) is 46.8 Å². The lowest BCUT2D eigenvalue weighted by atomic mass is 10.1. The van der Waals surface area contributed by atoms with Crippen molar-refractivity contribution in [2.45, 2.75) is 12.3 Å². The summed E-state index contributed by atoms with van der Waals surface area (Å²) in [5, 5.41) is 6.83. The van der Waals surface area contributed by atoms with Crippen LogP contribution in [0, 0.1) is 0 Å². The fourth-order valence-corrected chi connectivity index (χ4v) is 4.77. The first-order valence-electron chi connectivity index (χ1n) is 9.24. The lowest BCUT2D eigenvalue weighted by molar-refractivity contribution is 0.373. The van der Waals surface area contributed by atoms with Gasteiger partial charge in [0.25, 0.3) is 0 Å². The van der Waals surface area contributed by atoms with Crippen LogP contribution in [0.25, 0.3) is 0 Å². The van der Waals surface area contributed by atoms with Gasteiger partial charge in [0.05, 0.1) is 10.8 Å². The second kappa shape index (κ2) is 11.1. The van der Waals surface area contributed by atoms with E-state index in [1.165, 1.54) is 12.0 Å². The molecule has 0 bridgehead atoms. The molecule has 160 valence electrons. The number of nitrogens with one attached hydrogen (secondary N) is 2. The minimum absolute atomic E-state index is 0. The summed E-state index contributed by atoms with van der Waals surface area (Å²) in [6.07, 6.45) is 0. The van der Waals surface area contributed by atoms with Gasteiger partial charge in [0.15, 0.2) is 5.96 Å². The van der Waals surface area contributed by atoms with Crippen molar-refractivity contribution < 1.29 is 8.42 Å². The predicted octanol–water partition coefficient (Wildman–Crippen LogP) is 2.31. The molecule has 1 aromatic heterocycles. The molecule has 0 aliphatic carbocycles. The van der Waals surface area contributed by atoms with Gasteiger partial charge in [-0.1, -0.05) is 24.3 Å². The van der Waals surface area contributed by atoms with Crippen LogP contribution in [-0.2, 0) is 22.3 Å². The van der Waals surface area contributed by atoms with Crippen LogP contribution in [0.4, 0.5) is 5.00 Å². The first-order chi connectivity index (χ1) is 13.5. The third-order valence-corrected chi connectivity index (χ3v) is 6.98. The average molecular weight is 550 g/mol. The van der Waals surface area contributed by atoms with Crippen molar-refractivity contribution >= 4 is 56.3 Å². The van der Waals surface area contributed by atoms with Crippen LogP contribution >= 0.6 is 35.3 Å². The molecule has 2 heterocycles. The molecule has 1 aliphatic heterocycles. The second-order valence-corrected chi connectivity index (χ2v) is 9.46. The highest BCUT2D eigenvalue weighted by Gasteiger charge is 2.20. The Kier molecular flexibility index (Phi) is 9.18. The molecule has 0 spiro atoms. The number of benzene rings is 1. The van der Waals surface area contributed by atoms with Crippen molar-refractivity contribution in [3.05, 3.63) is 52.9 Å². The molecule has 1 fully saturated rings. The van der Waals surface area contributed by atoms with Gasteiger partial charge in [-0.25, -0.2) is 13.1 Å².